The van der Waals surface area contributed by atoms with E-state index in [9.17, 15) is 31.2 Å². The Morgan fingerprint density at radius 3 is 2.47 bits per heavy atom. The van der Waals surface area contributed by atoms with Gasteiger partial charge in [0, 0.05) is 45.8 Å². The SMILES string of the molecule is CN(C)S(=O)(=O)c1cccc(C(=O)NCC(=O)N2CCCN(CC(F)(F)F)CC2)c1. The normalized spacial score (nSPS) is 16.4. The van der Waals surface area contributed by atoms with E-state index in [2.05, 4.69) is 5.32 Å². The highest BCUT2D eigenvalue weighted by molar-refractivity contribution is 7.89. The topological polar surface area (TPSA) is 90.0 Å². The Morgan fingerprint density at radius 2 is 1.83 bits per heavy atom. The summed E-state index contributed by atoms with van der Waals surface area (Å²) < 4.78 is 63.0. The highest BCUT2D eigenvalue weighted by Gasteiger charge is 2.31. The van der Waals surface area contributed by atoms with Gasteiger partial charge in [0.15, 0.2) is 0 Å². The van der Waals surface area contributed by atoms with Gasteiger partial charge in [0.05, 0.1) is 18.0 Å². The summed E-state index contributed by atoms with van der Waals surface area (Å²) in [7, 11) is -0.965. The van der Waals surface area contributed by atoms with Crippen molar-refractivity contribution >= 4 is 21.8 Å². The summed E-state index contributed by atoms with van der Waals surface area (Å²) in [5.74, 6) is -1.03. The summed E-state index contributed by atoms with van der Waals surface area (Å²) in [6.45, 7) is -0.561. The van der Waals surface area contributed by atoms with Crippen LogP contribution in [0.5, 0.6) is 0 Å². The molecule has 0 radical (unpaired) electrons. The van der Waals surface area contributed by atoms with Crippen molar-refractivity contribution in [2.45, 2.75) is 17.5 Å². The van der Waals surface area contributed by atoms with Gasteiger partial charge >= 0.3 is 6.18 Å². The van der Waals surface area contributed by atoms with Crippen LogP contribution in [-0.2, 0) is 14.8 Å². The molecule has 2 amide bonds. The second-order valence-electron chi connectivity index (χ2n) is 7.12. The van der Waals surface area contributed by atoms with E-state index in [0.29, 0.717) is 13.0 Å². The zero-order valence-corrected chi connectivity index (χ0v) is 17.6. The highest BCUT2D eigenvalue weighted by atomic mass is 32.2. The van der Waals surface area contributed by atoms with Gasteiger partial charge in [-0.15, -0.1) is 0 Å². The molecular formula is C18H25F3N4O4S. The number of amides is 2. The summed E-state index contributed by atoms with van der Waals surface area (Å²) in [6, 6.07) is 5.43. The van der Waals surface area contributed by atoms with Gasteiger partial charge in [-0.25, -0.2) is 12.7 Å². The lowest BCUT2D eigenvalue weighted by Gasteiger charge is -2.23. The fourth-order valence-electron chi connectivity index (χ4n) is 3.01. The molecule has 0 unspecified atom stereocenters. The van der Waals surface area contributed by atoms with E-state index < -0.39 is 34.6 Å². The Labute approximate surface area is 173 Å². The van der Waals surface area contributed by atoms with Crippen LogP contribution in [0.4, 0.5) is 13.2 Å². The van der Waals surface area contributed by atoms with Crippen molar-refractivity contribution in [3.05, 3.63) is 29.8 Å². The molecule has 0 atom stereocenters. The van der Waals surface area contributed by atoms with E-state index in [-0.39, 0.29) is 36.6 Å². The van der Waals surface area contributed by atoms with Crippen LogP contribution in [0.25, 0.3) is 0 Å². The van der Waals surface area contributed by atoms with Gasteiger partial charge in [-0.05, 0) is 24.6 Å². The third kappa shape index (κ3) is 6.67. The molecule has 1 aliphatic heterocycles. The maximum absolute atomic E-state index is 12.5. The predicted octanol–water partition coefficient (Wildman–Crippen LogP) is 0.763. The predicted molar refractivity (Wildman–Crippen MR) is 103 cm³/mol. The van der Waals surface area contributed by atoms with Crippen molar-refractivity contribution in [3.63, 3.8) is 0 Å². The third-order valence-electron chi connectivity index (χ3n) is 4.62. The summed E-state index contributed by atoms with van der Waals surface area (Å²) in [6.07, 6.45) is -3.89. The van der Waals surface area contributed by atoms with E-state index >= 15 is 0 Å². The minimum Gasteiger partial charge on any atom is -0.343 e. The minimum absolute atomic E-state index is 0.0521. The van der Waals surface area contributed by atoms with Gasteiger partial charge < -0.3 is 10.2 Å². The smallest absolute Gasteiger partial charge is 0.343 e. The maximum Gasteiger partial charge on any atom is 0.401 e. The first kappa shape index (κ1) is 24.1. The number of benzene rings is 1. The molecule has 12 heteroatoms. The summed E-state index contributed by atoms with van der Waals surface area (Å²) >= 11 is 0. The molecule has 0 aromatic heterocycles. The van der Waals surface area contributed by atoms with E-state index in [4.69, 9.17) is 0 Å². The number of sulfonamides is 1. The number of nitrogens with one attached hydrogen (secondary N) is 1. The van der Waals surface area contributed by atoms with Crippen molar-refractivity contribution < 1.29 is 31.2 Å². The van der Waals surface area contributed by atoms with Crippen molar-refractivity contribution in [1.29, 1.82) is 0 Å². The van der Waals surface area contributed by atoms with Crippen LogP contribution >= 0.6 is 0 Å². The number of hydrogen-bond acceptors (Lipinski definition) is 5. The maximum atomic E-state index is 12.5. The zero-order valence-electron chi connectivity index (χ0n) is 16.8. The molecule has 0 spiro atoms. The first-order chi connectivity index (χ1) is 13.9. The van der Waals surface area contributed by atoms with Gasteiger partial charge in [0.2, 0.25) is 15.9 Å². The Kier molecular flexibility index (Phi) is 7.83. The van der Waals surface area contributed by atoms with Crippen LogP contribution in [0.2, 0.25) is 0 Å². The first-order valence-corrected chi connectivity index (χ1v) is 10.7. The summed E-state index contributed by atoms with van der Waals surface area (Å²) in [4.78, 5) is 27.3. The number of rotatable bonds is 6. The average molecular weight is 450 g/mol. The zero-order chi connectivity index (χ0) is 22.5. The lowest BCUT2D eigenvalue weighted by atomic mass is 10.2. The fraction of sp³-hybridized carbons (Fsp3) is 0.556. The Hall–Kier alpha value is -2.18. The average Bonchev–Trinajstić information content (AvgIpc) is 2.90. The molecule has 30 heavy (non-hydrogen) atoms. The Morgan fingerprint density at radius 1 is 1.13 bits per heavy atom. The van der Waals surface area contributed by atoms with Crippen LogP contribution in [0.1, 0.15) is 16.8 Å². The number of hydrogen-bond donors (Lipinski definition) is 1. The molecule has 1 aromatic rings. The largest absolute Gasteiger partial charge is 0.401 e. The van der Waals surface area contributed by atoms with Crippen molar-refractivity contribution in [2.75, 3.05) is 53.4 Å². The lowest BCUT2D eigenvalue weighted by Crippen LogP contribution is -2.42. The Balaban J connectivity index is 1.93. The second kappa shape index (κ2) is 9.75. The van der Waals surface area contributed by atoms with Crippen molar-refractivity contribution in [1.82, 2.24) is 19.4 Å². The number of halogens is 3. The van der Waals surface area contributed by atoms with Crippen LogP contribution in [-0.4, -0.2) is 93.9 Å². The molecular weight excluding hydrogens is 425 g/mol. The highest BCUT2D eigenvalue weighted by Crippen LogP contribution is 2.18. The van der Waals surface area contributed by atoms with E-state index in [0.717, 1.165) is 4.31 Å². The summed E-state index contributed by atoms with van der Waals surface area (Å²) in [5, 5.41) is 2.44. The molecule has 2 rings (SSSR count). The number of nitrogens with zero attached hydrogens (tertiary/aromatic N) is 3. The molecule has 0 saturated carbocycles. The first-order valence-electron chi connectivity index (χ1n) is 9.28. The fourth-order valence-corrected chi connectivity index (χ4v) is 3.96. The molecule has 8 nitrogen and oxygen atoms in total. The van der Waals surface area contributed by atoms with Crippen LogP contribution in [0, 0.1) is 0 Å². The van der Waals surface area contributed by atoms with E-state index in [1.807, 2.05) is 0 Å². The van der Waals surface area contributed by atoms with E-state index in [1.54, 1.807) is 0 Å². The lowest BCUT2D eigenvalue weighted by molar-refractivity contribution is -0.145. The third-order valence-corrected chi connectivity index (χ3v) is 6.43. The van der Waals surface area contributed by atoms with Crippen LogP contribution in [0.15, 0.2) is 29.2 Å². The molecule has 1 heterocycles. The van der Waals surface area contributed by atoms with Crippen molar-refractivity contribution in [3.8, 4) is 0 Å². The van der Waals surface area contributed by atoms with Gasteiger partial charge in [-0.2, -0.15) is 13.2 Å². The van der Waals surface area contributed by atoms with Gasteiger partial charge in [-0.3, -0.25) is 14.5 Å². The van der Waals surface area contributed by atoms with Gasteiger partial charge in [0.1, 0.15) is 0 Å². The van der Waals surface area contributed by atoms with Crippen LogP contribution in [0.3, 0.4) is 0 Å². The quantitative estimate of drug-likeness (QED) is 0.691. The Bertz CT molecular complexity index is 874. The van der Waals surface area contributed by atoms with Gasteiger partial charge in [-0.1, -0.05) is 6.07 Å². The van der Waals surface area contributed by atoms with Crippen LogP contribution < -0.4 is 5.32 Å². The molecule has 1 fully saturated rings. The molecule has 1 aromatic carbocycles. The second-order valence-corrected chi connectivity index (χ2v) is 9.28. The van der Waals surface area contributed by atoms with E-state index in [1.165, 1.54) is 48.2 Å². The van der Waals surface area contributed by atoms with Crippen molar-refractivity contribution in [2.24, 2.45) is 0 Å². The molecule has 0 bridgehead atoms. The molecule has 1 N–H and O–H groups in total. The molecule has 168 valence electrons. The molecule has 1 saturated heterocycles. The molecule has 0 aliphatic carbocycles. The standard InChI is InChI=1S/C18H25F3N4O4S/c1-23(2)30(28,29)15-6-3-5-14(11-15)17(27)22-12-16(26)25-8-4-7-24(9-10-25)13-18(19,20)21/h3,5-6,11H,4,7-10,12-13H2,1-2H3,(H,22,27). The number of carbonyl (C=O) groups excluding carboxylic acids is 2. The summed E-state index contributed by atoms with van der Waals surface area (Å²) in [5.41, 5.74) is 0.0814. The number of alkyl halides is 3. The molecule has 1 aliphatic rings. The number of carbonyl (C=O) groups is 2. The van der Waals surface area contributed by atoms with Gasteiger partial charge in [0.25, 0.3) is 5.91 Å². The minimum atomic E-state index is -4.29. The monoisotopic (exact) mass is 450 g/mol.